The van der Waals surface area contributed by atoms with E-state index in [1.807, 2.05) is 40.8 Å². The minimum Gasteiger partial charge on any atom is -0.495 e. The van der Waals surface area contributed by atoms with E-state index in [4.69, 9.17) is 9.57 Å². The van der Waals surface area contributed by atoms with Crippen LogP contribution in [0.25, 0.3) is 11.8 Å². The zero-order chi connectivity index (χ0) is 25.8. The number of amidine groups is 1. The average Bonchev–Trinajstić information content (AvgIpc) is 3.48. The highest BCUT2D eigenvalue weighted by atomic mass is 19.1. The molecule has 2 fully saturated rings. The Morgan fingerprint density at radius 3 is 2.59 bits per heavy atom. The maximum absolute atomic E-state index is 14.2. The minimum atomic E-state index is -1.14. The Morgan fingerprint density at radius 2 is 1.95 bits per heavy atom. The van der Waals surface area contributed by atoms with Gasteiger partial charge in [0.15, 0.2) is 5.84 Å². The van der Waals surface area contributed by atoms with Gasteiger partial charge in [-0.3, -0.25) is 0 Å². The Kier molecular flexibility index (Phi) is 5.56. The van der Waals surface area contributed by atoms with Crippen LogP contribution in [0.4, 0.5) is 8.78 Å². The summed E-state index contributed by atoms with van der Waals surface area (Å²) in [6, 6.07) is 9.31. The summed E-state index contributed by atoms with van der Waals surface area (Å²) in [6.07, 6.45) is 8.62. The highest BCUT2D eigenvalue weighted by Gasteiger charge is 2.56. The molecule has 3 heterocycles. The van der Waals surface area contributed by atoms with E-state index in [-0.39, 0.29) is 18.6 Å². The molecule has 1 saturated heterocycles. The third-order valence-corrected chi connectivity index (χ3v) is 7.73. The van der Waals surface area contributed by atoms with Gasteiger partial charge in [-0.25, -0.2) is 13.8 Å². The Labute approximate surface area is 213 Å². The fourth-order valence-electron chi connectivity index (χ4n) is 5.53. The maximum atomic E-state index is 14.2. The standard InChI is InChI=1S/C28H28F2N4O3/c1-18-13-33(17-31-18)24-4-3-19(8-25(24)36-2)7-20-12-27(5-6-27)14-34-26(20)32-37-16-28(34,15-35)21-9-22(29)11-23(30)10-21/h3-4,7-11,13,17,35H,5-6,12,14-16H2,1-2H3/b20-7+. The third-order valence-electron chi connectivity index (χ3n) is 7.73. The van der Waals surface area contributed by atoms with Crippen LogP contribution in [0.3, 0.4) is 0 Å². The van der Waals surface area contributed by atoms with Crippen LogP contribution >= 0.6 is 0 Å². The molecule has 0 radical (unpaired) electrons. The smallest absolute Gasteiger partial charge is 0.172 e. The molecule has 192 valence electrons. The number of aliphatic hydroxyl groups is 1. The first-order valence-corrected chi connectivity index (χ1v) is 12.3. The SMILES string of the molecule is COc1cc(/C=C2\CC3(CC3)CN3C2=NOCC3(CO)c2cc(F)cc(F)c2)ccc1-n1cnc(C)c1. The topological polar surface area (TPSA) is 72.1 Å². The molecule has 1 spiro atoms. The van der Waals surface area contributed by atoms with Crippen molar-refractivity contribution in [3.63, 3.8) is 0 Å². The number of aromatic nitrogens is 2. The molecular formula is C28H28F2N4O3. The Bertz CT molecular complexity index is 1410. The van der Waals surface area contributed by atoms with E-state index >= 15 is 0 Å². The summed E-state index contributed by atoms with van der Waals surface area (Å²) in [5, 5.41) is 15.0. The molecule has 1 aliphatic carbocycles. The average molecular weight is 507 g/mol. The van der Waals surface area contributed by atoms with Crippen LogP contribution in [0.1, 0.15) is 36.1 Å². The number of nitrogens with zero attached hydrogens (tertiary/aromatic N) is 4. The van der Waals surface area contributed by atoms with Gasteiger partial charge >= 0.3 is 0 Å². The number of hydrogen-bond donors (Lipinski definition) is 1. The summed E-state index contributed by atoms with van der Waals surface area (Å²) < 4.78 is 36.1. The highest BCUT2D eigenvalue weighted by Crippen LogP contribution is 2.56. The summed E-state index contributed by atoms with van der Waals surface area (Å²) >= 11 is 0. The lowest BCUT2D eigenvalue weighted by atomic mass is 9.81. The van der Waals surface area contributed by atoms with Gasteiger partial charge in [-0.2, -0.15) is 0 Å². The lowest BCUT2D eigenvalue weighted by molar-refractivity contribution is -0.0461. The number of benzene rings is 2. The van der Waals surface area contributed by atoms with Crippen molar-refractivity contribution >= 4 is 11.9 Å². The summed E-state index contributed by atoms with van der Waals surface area (Å²) in [4.78, 5) is 11.9. The molecule has 0 bridgehead atoms. The summed E-state index contributed by atoms with van der Waals surface area (Å²) in [5.41, 5.74) is 2.88. The van der Waals surface area contributed by atoms with E-state index in [9.17, 15) is 13.9 Å². The second-order valence-corrected chi connectivity index (χ2v) is 10.3. The van der Waals surface area contributed by atoms with E-state index < -0.39 is 17.2 Å². The molecule has 2 aromatic carbocycles. The van der Waals surface area contributed by atoms with Gasteiger partial charge < -0.3 is 24.1 Å². The van der Waals surface area contributed by atoms with Crippen LogP contribution in [0.5, 0.6) is 5.75 Å². The molecule has 37 heavy (non-hydrogen) atoms. The van der Waals surface area contributed by atoms with Crippen molar-refractivity contribution in [3.05, 3.63) is 83.0 Å². The molecular weight excluding hydrogens is 478 g/mol. The summed E-state index contributed by atoms with van der Waals surface area (Å²) in [5.74, 6) is -0.111. The van der Waals surface area contributed by atoms with Crippen LogP contribution in [0, 0.1) is 24.0 Å². The minimum absolute atomic E-state index is 0.00784. The number of fused-ring (bicyclic) bond motifs is 1. The number of halogens is 2. The molecule has 3 aromatic rings. The molecule has 0 amide bonds. The normalized spacial score (nSPS) is 23.0. The van der Waals surface area contributed by atoms with E-state index in [1.54, 1.807) is 13.4 Å². The highest BCUT2D eigenvalue weighted by molar-refractivity contribution is 6.03. The molecule has 9 heteroatoms. The first-order valence-electron chi connectivity index (χ1n) is 12.3. The van der Waals surface area contributed by atoms with Crippen LogP contribution < -0.4 is 4.74 Å². The first-order chi connectivity index (χ1) is 17.8. The largest absolute Gasteiger partial charge is 0.495 e. The number of imidazole rings is 1. The number of hydrogen-bond acceptors (Lipinski definition) is 6. The van der Waals surface area contributed by atoms with Gasteiger partial charge in [0.05, 0.1) is 31.4 Å². The zero-order valence-electron chi connectivity index (χ0n) is 20.7. The second kappa shape index (κ2) is 8.69. The quantitative estimate of drug-likeness (QED) is 0.549. The van der Waals surface area contributed by atoms with Crippen LogP contribution in [-0.2, 0) is 10.4 Å². The van der Waals surface area contributed by atoms with Crippen molar-refractivity contribution in [3.8, 4) is 11.4 Å². The molecule has 3 aliphatic rings. The lowest BCUT2D eigenvalue weighted by Gasteiger charge is -2.50. The molecule has 1 N–H and O–H groups in total. The van der Waals surface area contributed by atoms with Gasteiger partial charge in [0.25, 0.3) is 0 Å². The van der Waals surface area contributed by atoms with Gasteiger partial charge in [0.2, 0.25) is 0 Å². The maximum Gasteiger partial charge on any atom is 0.172 e. The molecule has 7 nitrogen and oxygen atoms in total. The number of oxime groups is 1. The molecule has 1 aromatic heterocycles. The van der Waals surface area contributed by atoms with Crippen LogP contribution in [0.2, 0.25) is 0 Å². The number of ether oxygens (including phenoxy) is 1. The van der Waals surface area contributed by atoms with E-state index in [1.165, 1.54) is 12.1 Å². The zero-order valence-corrected chi connectivity index (χ0v) is 20.7. The van der Waals surface area contributed by atoms with Crippen molar-refractivity contribution in [2.75, 3.05) is 26.9 Å². The predicted octanol–water partition coefficient (Wildman–Crippen LogP) is 4.57. The van der Waals surface area contributed by atoms with Crippen LogP contribution in [0.15, 0.2) is 59.7 Å². The van der Waals surface area contributed by atoms with Gasteiger partial charge in [0, 0.05) is 18.8 Å². The fraction of sp³-hybridized carbons (Fsp3) is 0.357. The molecule has 1 saturated carbocycles. The number of aliphatic hydroxyl groups excluding tert-OH is 1. The fourth-order valence-corrected chi connectivity index (χ4v) is 5.53. The second-order valence-electron chi connectivity index (χ2n) is 10.3. The number of methoxy groups -OCH3 is 1. The van der Waals surface area contributed by atoms with E-state index in [0.717, 1.165) is 47.8 Å². The monoisotopic (exact) mass is 506 g/mol. The Balaban J connectivity index is 1.41. The van der Waals surface area contributed by atoms with Gasteiger partial charge in [0.1, 0.15) is 29.5 Å². The Hall–Kier alpha value is -3.72. The third kappa shape index (κ3) is 4.07. The first kappa shape index (κ1) is 23.7. The van der Waals surface area contributed by atoms with Crippen molar-refractivity contribution in [2.45, 2.75) is 31.7 Å². The van der Waals surface area contributed by atoms with Gasteiger partial charge in [-0.1, -0.05) is 11.2 Å². The molecule has 1 unspecified atom stereocenters. The van der Waals surface area contributed by atoms with Crippen LogP contribution in [-0.4, -0.2) is 52.3 Å². The van der Waals surface area contributed by atoms with E-state index in [2.05, 4.69) is 16.2 Å². The number of aryl methyl sites for hydroxylation is 1. The van der Waals surface area contributed by atoms with Crippen molar-refractivity contribution in [1.29, 1.82) is 0 Å². The molecule has 6 rings (SSSR count). The molecule has 2 aliphatic heterocycles. The number of piperidine rings is 1. The number of rotatable bonds is 5. The summed E-state index contributed by atoms with van der Waals surface area (Å²) in [7, 11) is 1.63. The van der Waals surface area contributed by atoms with E-state index in [0.29, 0.717) is 23.7 Å². The van der Waals surface area contributed by atoms with Gasteiger partial charge in [-0.15, -0.1) is 0 Å². The lowest BCUT2D eigenvalue weighted by Crippen LogP contribution is -2.61. The van der Waals surface area contributed by atoms with Crippen molar-refractivity contribution in [2.24, 2.45) is 10.6 Å². The Morgan fingerprint density at radius 1 is 1.16 bits per heavy atom. The summed E-state index contributed by atoms with van der Waals surface area (Å²) in [6.45, 7) is 2.19. The van der Waals surface area contributed by atoms with Crippen molar-refractivity contribution < 1.29 is 23.5 Å². The predicted molar refractivity (Wildman–Crippen MR) is 134 cm³/mol. The van der Waals surface area contributed by atoms with Crippen molar-refractivity contribution in [1.82, 2.24) is 14.5 Å². The molecule has 1 atom stereocenters. The van der Waals surface area contributed by atoms with Gasteiger partial charge in [-0.05, 0) is 78.6 Å².